The van der Waals surface area contributed by atoms with E-state index in [-0.39, 0.29) is 12.5 Å². The second-order valence-electron chi connectivity index (χ2n) is 6.47. The summed E-state index contributed by atoms with van der Waals surface area (Å²) in [6, 6.07) is 10.4. The highest BCUT2D eigenvalue weighted by Crippen LogP contribution is 2.36. The van der Waals surface area contributed by atoms with Crippen molar-refractivity contribution in [2.45, 2.75) is 6.54 Å². The van der Waals surface area contributed by atoms with Gasteiger partial charge < -0.3 is 15.0 Å². The minimum Gasteiger partial charge on any atom is -0.465 e. The van der Waals surface area contributed by atoms with Gasteiger partial charge in [0, 0.05) is 42.1 Å². The summed E-state index contributed by atoms with van der Waals surface area (Å²) in [6.07, 6.45) is 3.37. The molecular weight excluding hydrogens is 413 g/mol. The number of nitrogens with zero attached hydrogens (tertiary/aromatic N) is 2. The second kappa shape index (κ2) is 9.11. The Morgan fingerprint density at radius 3 is 2.69 bits per heavy atom. The molecule has 0 saturated carbocycles. The molecule has 2 aromatic carbocycles. The number of aromatic nitrogens is 1. The summed E-state index contributed by atoms with van der Waals surface area (Å²) in [5.41, 5.74) is 1.87. The molecule has 3 aromatic rings. The Hall–Kier alpha value is -2.83. The van der Waals surface area contributed by atoms with Crippen molar-refractivity contribution in [2.75, 3.05) is 25.6 Å². The number of hydrogen-bond acceptors (Lipinski definition) is 5. The number of carbonyl (C=O) groups is 2. The summed E-state index contributed by atoms with van der Waals surface area (Å²) in [7, 11) is 3.07. The smallest absolute Gasteiger partial charge is 0.337 e. The first-order valence-electron chi connectivity index (χ1n) is 8.77. The van der Waals surface area contributed by atoms with Gasteiger partial charge in [-0.25, -0.2) is 4.79 Å². The Kier molecular flexibility index (Phi) is 6.56. The van der Waals surface area contributed by atoms with Crippen molar-refractivity contribution in [1.29, 1.82) is 0 Å². The van der Waals surface area contributed by atoms with Crippen LogP contribution in [0.3, 0.4) is 0 Å². The van der Waals surface area contributed by atoms with Gasteiger partial charge in [-0.1, -0.05) is 29.3 Å². The van der Waals surface area contributed by atoms with Gasteiger partial charge in [0.1, 0.15) is 0 Å². The number of ether oxygens (including phenoxy) is 1. The predicted molar refractivity (Wildman–Crippen MR) is 115 cm³/mol. The summed E-state index contributed by atoms with van der Waals surface area (Å²) >= 11 is 12.5. The maximum Gasteiger partial charge on any atom is 0.337 e. The van der Waals surface area contributed by atoms with E-state index in [0.717, 1.165) is 5.56 Å². The Labute approximate surface area is 178 Å². The lowest BCUT2D eigenvalue weighted by Gasteiger charge is -2.22. The third-order valence-corrected chi connectivity index (χ3v) is 4.89. The molecule has 3 rings (SSSR count). The third kappa shape index (κ3) is 4.96. The normalized spacial score (nSPS) is 10.6. The summed E-state index contributed by atoms with van der Waals surface area (Å²) < 4.78 is 4.84. The average Bonchev–Trinajstić information content (AvgIpc) is 2.71. The van der Waals surface area contributed by atoms with Crippen LogP contribution in [-0.4, -0.2) is 37.6 Å². The van der Waals surface area contributed by atoms with E-state index in [1.165, 1.54) is 7.11 Å². The van der Waals surface area contributed by atoms with E-state index in [1.807, 2.05) is 12.1 Å². The van der Waals surface area contributed by atoms with Crippen LogP contribution in [0.5, 0.6) is 0 Å². The average molecular weight is 432 g/mol. The minimum absolute atomic E-state index is 0.0684. The van der Waals surface area contributed by atoms with Crippen molar-refractivity contribution in [3.8, 4) is 0 Å². The fourth-order valence-electron chi connectivity index (χ4n) is 3.00. The molecule has 0 radical (unpaired) electrons. The fraction of sp³-hybridized carbons (Fsp3) is 0.190. The van der Waals surface area contributed by atoms with E-state index in [1.54, 1.807) is 48.6 Å². The summed E-state index contributed by atoms with van der Waals surface area (Å²) in [4.78, 5) is 30.3. The van der Waals surface area contributed by atoms with Gasteiger partial charge in [-0.05, 0) is 41.3 Å². The number of rotatable bonds is 6. The van der Waals surface area contributed by atoms with Crippen LogP contribution in [0.15, 0.2) is 48.8 Å². The lowest BCUT2D eigenvalue weighted by Crippen LogP contribution is -2.35. The number of benzene rings is 2. The van der Waals surface area contributed by atoms with Gasteiger partial charge in [0.05, 0.1) is 24.2 Å². The SMILES string of the molecule is COC(=O)c1cc(N(C)CC(=O)NCc2cccnc2)c2c(Cl)cc(Cl)cc2c1. The molecule has 0 bridgehead atoms. The van der Waals surface area contributed by atoms with Gasteiger partial charge in [-0.15, -0.1) is 0 Å². The number of nitrogens with one attached hydrogen (secondary N) is 1. The van der Waals surface area contributed by atoms with Gasteiger partial charge in [-0.2, -0.15) is 0 Å². The number of likely N-dealkylation sites (N-methyl/N-ethyl adjacent to an activating group) is 1. The quantitative estimate of drug-likeness (QED) is 0.595. The Morgan fingerprint density at radius 2 is 2.00 bits per heavy atom. The Balaban J connectivity index is 1.88. The molecule has 1 N–H and O–H groups in total. The van der Waals surface area contributed by atoms with Crippen LogP contribution < -0.4 is 10.2 Å². The monoisotopic (exact) mass is 431 g/mol. The molecule has 0 spiro atoms. The zero-order chi connectivity index (χ0) is 21.0. The third-order valence-electron chi connectivity index (χ3n) is 4.37. The van der Waals surface area contributed by atoms with Crippen molar-refractivity contribution in [3.05, 3.63) is 70.0 Å². The number of fused-ring (bicyclic) bond motifs is 1. The zero-order valence-electron chi connectivity index (χ0n) is 15.9. The molecule has 0 fully saturated rings. The van der Waals surface area contributed by atoms with Crippen LogP contribution in [0.2, 0.25) is 10.0 Å². The molecule has 0 saturated heterocycles. The van der Waals surface area contributed by atoms with Crippen LogP contribution in [0.25, 0.3) is 10.8 Å². The highest BCUT2D eigenvalue weighted by Gasteiger charge is 2.17. The van der Waals surface area contributed by atoms with E-state index < -0.39 is 5.97 Å². The summed E-state index contributed by atoms with van der Waals surface area (Å²) in [5.74, 6) is -0.670. The maximum absolute atomic E-state index is 12.4. The largest absolute Gasteiger partial charge is 0.465 e. The number of carbonyl (C=O) groups excluding carboxylic acids is 2. The minimum atomic E-state index is -0.487. The number of hydrogen-bond donors (Lipinski definition) is 1. The van der Waals surface area contributed by atoms with Crippen LogP contribution in [-0.2, 0) is 16.1 Å². The lowest BCUT2D eigenvalue weighted by atomic mass is 10.0. The molecule has 8 heteroatoms. The van der Waals surface area contributed by atoms with Crippen molar-refractivity contribution in [1.82, 2.24) is 10.3 Å². The number of pyridine rings is 1. The first kappa shape index (κ1) is 20.9. The number of methoxy groups -OCH3 is 1. The molecule has 1 aromatic heterocycles. The fourth-order valence-corrected chi connectivity index (χ4v) is 3.61. The zero-order valence-corrected chi connectivity index (χ0v) is 17.4. The molecule has 29 heavy (non-hydrogen) atoms. The van der Waals surface area contributed by atoms with Crippen molar-refractivity contribution < 1.29 is 14.3 Å². The van der Waals surface area contributed by atoms with Crippen LogP contribution in [0.1, 0.15) is 15.9 Å². The molecule has 0 atom stereocenters. The lowest BCUT2D eigenvalue weighted by molar-refractivity contribution is -0.119. The van der Waals surface area contributed by atoms with Gasteiger partial charge >= 0.3 is 5.97 Å². The van der Waals surface area contributed by atoms with Gasteiger partial charge in [0.2, 0.25) is 5.91 Å². The van der Waals surface area contributed by atoms with E-state index in [4.69, 9.17) is 27.9 Å². The molecule has 0 aliphatic carbocycles. The van der Waals surface area contributed by atoms with Gasteiger partial charge in [0.25, 0.3) is 0 Å². The van der Waals surface area contributed by atoms with E-state index in [9.17, 15) is 9.59 Å². The number of halogens is 2. The molecule has 150 valence electrons. The standard InChI is InChI=1S/C21H19Cl2N3O3/c1-26(12-19(27)25-11-13-4-3-5-24-10-13)18-8-15(21(28)29-2)6-14-7-16(22)9-17(23)20(14)18/h3-10H,11-12H2,1-2H3,(H,25,27). The Bertz CT molecular complexity index is 1060. The van der Waals surface area contributed by atoms with E-state index >= 15 is 0 Å². The second-order valence-corrected chi connectivity index (χ2v) is 7.31. The number of esters is 1. The Morgan fingerprint density at radius 1 is 1.21 bits per heavy atom. The molecule has 1 heterocycles. The highest BCUT2D eigenvalue weighted by atomic mass is 35.5. The highest BCUT2D eigenvalue weighted by molar-refractivity contribution is 6.39. The molecular formula is C21H19Cl2N3O3. The molecule has 6 nitrogen and oxygen atoms in total. The predicted octanol–water partition coefficient (Wildman–Crippen LogP) is 4.08. The van der Waals surface area contributed by atoms with Crippen molar-refractivity contribution >= 4 is 51.5 Å². The number of amides is 1. The first-order chi connectivity index (χ1) is 13.9. The van der Waals surface area contributed by atoms with Crippen molar-refractivity contribution in [3.63, 3.8) is 0 Å². The summed E-state index contributed by atoms with van der Waals surface area (Å²) in [6.45, 7) is 0.443. The maximum atomic E-state index is 12.4. The van der Waals surface area contributed by atoms with Crippen LogP contribution >= 0.6 is 23.2 Å². The van der Waals surface area contributed by atoms with Gasteiger partial charge in [-0.3, -0.25) is 9.78 Å². The summed E-state index contributed by atoms with van der Waals surface area (Å²) in [5, 5.41) is 5.12. The molecule has 0 unspecified atom stereocenters. The van der Waals surface area contributed by atoms with Crippen LogP contribution in [0.4, 0.5) is 5.69 Å². The topological polar surface area (TPSA) is 71.5 Å². The number of anilines is 1. The van der Waals surface area contributed by atoms with E-state index in [0.29, 0.717) is 38.6 Å². The van der Waals surface area contributed by atoms with Crippen LogP contribution in [0, 0.1) is 0 Å². The molecule has 1 amide bonds. The van der Waals surface area contributed by atoms with E-state index in [2.05, 4.69) is 10.3 Å². The first-order valence-corrected chi connectivity index (χ1v) is 9.52. The van der Waals surface area contributed by atoms with Crippen molar-refractivity contribution in [2.24, 2.45) is 0 Å². The molecule has 0 aliphatic rings. The molecule has 0 aliphatic heterocycles. The van der Waals surface area contributed by atoms with Gasteiger partial charge in [0.15, 0.2) is 0 Å².